The molecule has 0 aliphatic heterocycles. The third-order valence-electron chi connectivity index (χ3n) is 3.58. The maximum Gasteiger partial charge on any atom is 0.314 e. The summed E-state index contributed by atoms with van der Waals surface area (Å²) < 4.78 is 27.4. The Morgan fingerprint density at radius 2 is 1.92 bits per heavy atom. The molecule has 1 aromatic carbocycles. The molecule has 0 bridgehead atoms. The highest BCUT2D eigenvalue weighted by Gasteiger charge is 2.22. The van der Waals surface area contributed by atoms with Crippen molar-refractivity contribution in [1.82, 2.24) is 14.8 Å². The number of pyridine rings is 1. The van der Waals surface area contributed by atoms with Crippen LogP contribution in [-0.2, 0) is 6.54 Å². The summed E-state index contributed by atoms with van der Waals surface area (Å²) in [6.45, 7) is -0.156. The number of hydrogen-bond donors (Lipinski definition) is 1. The van der Waals surface area contributed by atoms with Gasteiger partial charge in [0.25, 0.3) is 0 Å². The molecule has 0 saturated heterocycles. The second kappa shape index (κ2) is 6.73. The van der Waals surface area contributed by atoms with Crippen LogP contribution in [0, 0.1) is 21.7 Å². The van der Waals surface area contributed by atoms with Gasteiger partial charge in [-0.2, -0.15) is 5.10 Å². The molecule has 2 aromatic heterocycles. The van der Waals surface area contributed by atoms with Gasteiger partial charge in [-0.1, -0.05) is 6.07 Å². The fourth-order valence-corrected chi connectivity index (χ4v) is 2.36. The molecular formula is C16H12F2N4O3. The molecular weight excluding hydrogens is 334 g/mol. The Balaban J connectivity index is 1.90. The van der Waals surface area contributed by atoms with E-state index >= 15 is 0 Å². The molecule has 3 aromatic rings. The molecule has 0 amide bonds. The summed E-state index contributed by atoms with van der Waals surface area (Å²) in [5.74, 6) is -2.11. The van der Waals surface area contributed by atoms with Crippen LogP contribution in [0.2, 0.25) is 0 Å². The molecule has 7 nitrogen and oxygen atoms in total. The van der Waals surface area contributed by atoms with Gasteiger partial charge < -0.3 is 5.11 Å². The monoisotopic (exact) mass is 346 g/mol. The molecule has 0 radical (unpaired) electrons. The van der Waals surface area contributed by atoms with Gasteiger partial charge in [0, 0.05) is 18.0 Å². The Labute approximate surface area is 140 Å². The van der Waals surface area contributed by atoms with Gasteiger partial charge in [0.2, 0.25) is 0 Å². The van der Waals surface area contributed by atoms with Crippen molar-refractivity contribution >= 4 is 5.69 Å². The van der Waals surface area contributed by atoms with Crippen molar-refractivity contribution in [3.8, 4) is 11.3 Å². The fourth-order valence-electron chi connectivity index (χ4n) is 2.36. The zero-order valence-electron chi connectivity index (χ0n) is 12.7. The van der Waals surface area contributed by atoms with E-state index in [2.05, 4.69) is 10.1 Å². The number of hydrogen-bond acceptors (Lipinski definition) is 5. The van der Waals surface area contributed by atoms with Crippen molar-refractivity contribution < 1.29 is 18.8 Å². The molecule has 1 unspecified atom stereocenters. The van der Waals surface area contributed by atoms with Gasteiger partial charge in [0.05, 0.1) is 17.6 Å². The first-order valence-corrected chi connectivity index (χ1v) is 7.21. The zero-order chi connectivity index (χ0) is 18.0. The van der Waals surface area contributed by atoms with Crippen LogP contribution in [0.25, 0.3) is 11.3 Å². The number of rotatable bonds is 5. The minimum Gasteiger partial charge on any atom is -0.386 e. The maximum atomic E-state index is 13.3. The van der Waals surface area contributed by atoms with Gasteiger partial charge >= 0.3 is 5.69 Å². The number of nitro groups is 1. The van der Waals surface area contributed by atoms with E-state index in [0.29, 0.717) is 5.56 Å². The third-order valence-corrected chi connectivity index (χ3v) is 3.58. The molecule has 25 heavy (non-hydrogen) atoms. The lowest BCUT2D eigenvalue weighted by Crippen LogP contribution is -2.10. The first kappa shape index (κ1) is 16.7. The molecule has 128 valence electrons. The Morgan fingerprint density at radius 1 is 1.20 bits per heavy atom. The Kier molecular flexibility index (Phi) is 4.48. The number of aliphatic hydroxyl groups excluding tert-OH is 1. The van der Waals surface area contributed by atoms with E-state index in [0.717, 1.165) is 12.1 Å². The predicted molar refractivity (Wildman–Crippen MR) is 83.4 cm³/mol. The summed E-state index contributed by atoms with van der Waals surface area (Å²) in [5.41, 5.74) is 0.541. The van der Waals surface area contributed by atoms with Gasteiger partial charge in [-0.3, -0.25) is 19.8 Å². The average Bonchev–Trinajstić information content (AvgIpc) is 3.02. The maximum absolute atomic E-state index is 13.3. The summed E-state index contributed by atoms with van der Waals surface area (Å²) in [4.78, 5) is 14.5. The van der Waals surface area contributed by atoms with Crippen LogP contribution in [0.3, 0.4) is 0 Å². The lowest BCUT2D eigenvalue weighted by atomic mass is 10.1. The molecule has 1 N–H and O–H groups in total. The average molecular weight is 346 g/mol. The van der Waals surface area contributed by atoms with Gasteiger partial charge in [0.15, 0.2) is 17.3 Å². The van der Waals surface area contributed by atoms with Crippen LogP contribution in [0.1, 0.15) is 11.7 Å². The molecule has 1 atom stereocenters. The van der Waals surface area contributed by atoms with E-state index in [4.69, 9.17) is 0 Å². The number of benzene rings is 1. The van der Waals surface area contributed by atoms with Crippen LogP contribution >= 0.6 is 0 Å². The van der Waals surface area contributed by atoms with E-state index < -0.39 is 22.7 Å². The van der Waals surface area contributed by atoms with Crippen molar-refractivity contribution in [2.24, 2.45) is 0 Å². The molecule has 9 heteroatoms. The SMILES string of the molecule is O=[N+]([O-])c1cn(CC(O)c2ccc(F)c(F)c2)nc1-c1ccncc1. The third kappa shape index (κ3) is 3.50. The van der Waals surface area contributed by atoms with Crippen molar-refractivity contribution in [1.29, 1.82) is 0 Å². The minimum absolute atomic E-state index is 0.130. The lowest BCUT2D eigenvalue weighted by molar-refractivity contribution is -0.384. The Hall–Kier alpha value is -3.20. The van der Waals surface area contributed by atoms with Gasteiger partial charge in [-0.25, -0.2) is 8.78 Å². The number of aliphatic hydroxyl groups is 1. The first-order valence-electron chi connectivity index (χ1n) is 7.21. The standard InChI is InChI=1S/C16H12F2N4O3/c17-12-2-1-11(7-13(12)18)15(23)9-21-8-14(22(24)25)16(20-21)10-3-5-19-6-4-10/h1-8,15,23H,9H2. The quantitative estimate of drug-likeness (QED) is 0.566. The van der Waals surface area contributed by atoms with Crippen molar-refractivity contribution in [3.05, 3.63) is 76.2 Å². The van der Waals surface area contributed by atoms with E-state index in [1.165, 1.54) is 29.3 Å². The van der Waals surface area contributed by atoms with Crippen molar-refractivity contribution in [2.75, 3.05) is 0 Å². The van der Waals surface area contributed by atoms with E-state index in [-0.39, 0.29) is 23.5 Å². The summed E-state index contributed by atoms with van der Waals surface area (Å²) in [6, 6.07) is 6.17. The van der Waals surface area contributed by atoms with Crippen molar-refractivity contribution in [2.45, 2.75) is 12.6 Å². The predicted octanol–water partition coefficient (Wildman–Crippen LogP) is 2.87. The second-order valence-electron chi connectivity index (χ2n) is 5.27. The molecule has 0 aliphatic rings. The molecule has 0 spiro atoms. The van der Waals surface area contributed by atoms with Crippen molar-refractivity contribution in [3.63, 3.8) is 0 Å². The number of nitrogens with zero attached hydrogens (tertiary/aromatic N) is 4. The highest BCUT2D eigenvalue weighted by atomic mass is 19.2. The molecule has 3 rings (SSSR count). The van der Waals surface area contributed by atoms with Gasteiger partial charge in [-0.15, -0.1) is 0 Å². The topological polar surface area (TPSA) is 94.1 Å². The summed E-state index contributed by atoms with van der Waals surface area (Å²) in [5, 5.41) is 25.5. The van der Waals surface area contributed by atoms with Crippen LogP contribution < -0.4 is 0 Å². The van der Waals surface area contributed by atoms with Crippen LogP contribution in [-0.4, -0.2) is 24.8 Å². The first-order chi connectivity index (χ1) is 12.0. The van der Waals surface area contributed by atoms with E-state index in [1.54, 1.807) is 12.1 Å². The Bertz CT molecular complexity index is 915. The van der Waals surface area contributed by atoms with E-state index in [9.17, 15) is 24.0 Å². The second-order valence-corrected chi connectivity index (χ2v) is 5.27. The zero-order valence-corrected chi connectivity index (χ0v) is 12.7. The number of aromatic nitrogens is 3. The smallest absolute Gasteiger partial charge is 0.314 e. The minimum atomic E-state index is -1.21. The fraction of sp³-hybridized carbons (Fsp3) is 0.125. The molecule has 0 saturated carbocycles. The van der Waals surface area contributed by atoms with Gasteiger partial charge in [0.1, 0.15) is 6.20 Å². The molecule has 0 fully saturated rings. The molecule has 2 heterocycles. The van der Waals surface area contributed by atoms with Crippen LogP contribution in [0.4, 0.5) is 14.5 Å². The largest absolute Gasteiger partial charge is 0.386 e. The van der Waals surface area contributed by atoms with E-state index in [1.807, 2.05) is 0 Å². The Morgan fingerprint density at radius 3 is 2.56 bits per heavy atom. The van der Waals surface area contributed by atoms with Crippen LogP contribution in [0.15, 0.2) is 48.9 Å². The number of halogens is 2. The highest BCUT2D eigenvalue weighted by molar-refractivity contribution is 5.68. The normalized spacial score (nSPS) is 12.1. The summed E-state index contributed by atoms with van der Waals surface area (Å²) in [6.07, 6.45) is 2.93. The highest BCUT2D eigenvalue weighted by Crippen LogP contribution is 2.28. The molecule has 0 aliphatic carbocycles. The summed E-state index contributed by atoms with van der Waals surface area (Å²) >= 11 is 0. The summed E-state index contributed by atoms with van der Waals surface area (Å²) in [7, 11) is 0. The lowest BCUT2D eigenvalue weighted by Gasteiger charge is -2.11. The van der Waals surface area contributed by atoms with Gasteiger partial charge in [-0.05, 0) is 29.8 Å². The van der Waals surface area contributed by atoms with Crippen LogP contribution in [0.5, 0.6) is 0 Å².